The number of aromatic nitrogens is 1. The van der Waals surface area contributed by atoms with E-state index in [1.165, 1.54) is 12.3 Å². The summed E-state index contributed by atoms with van der Waals surface area (Å²) in [7, 11) is 0. The standard InChI is InChI=1S/C23H29N5O3/c1-17(2)18-7-5-8-19(15-18)23(3,4)25-22(29)27-12-6-11-26(13-14-27)21-10-9-20(16-24-21)28(30)31/h5,7-10,15-16H,1,6,11-14H2,2-4H3,(H,25,29). The molecular formula is C23H29N5O3. The molecule has 2 amide bonds. The van der Waals surface area contributed by atoms with E-state index in [0.29, 0.717) is 25.5 Å². The van der Waals surface area contributed by atoms with Crippen LogP contribution in [0.2, 0.25) is 0 Å². The Morgan fingerprint density at radius 3 is 2.61 bits per heavy atom. The summed E-state index contributed by atoms with van der Waals surface area (Å²) in [5.41, 5.74) is 2.50. The van der Waals surface area contributed by atoms with Crippen LogP contribution in [-0.2, 0) is 5.54 Å². The zero-order valence-corrected chi connectivity index (χ0v) is 18.3. The van der Waals surface area contributed by atoms with Crippen LogP contribution in [0.3, 0.4) is 0 Å². The molecule has 164 valence electrons. The van der Waals surface area contributed by atoms with E-state index in [0.717, 1.165) is 29.7 Å². The highest BCUT2D eigenvalue weighted by atomic mass is 16.6. The average Bonchev–Trinajstić information content (AvgIpc) is 3.00. The van der Waals surface area contributed by atoms with E-state index in [9.17, 15) is 14.9 Å². The lowest BCUT2D eigenvalue weighted by Crippen LogP contribution is -2.49. The second-order valence-electron chi connectivity index (χ2n) is 8.38. The van der Waals surface area contributed by atoms with Gasteiger partial charge in [-0.05, 0) is 50.5 Å². The van der Waals surface area contributed by atoms with Gasteiger partial charge in [0.25, 0.3) is 5.69 Å². The van der Waals surface area contributed by atoms with Crippen LogP contribution in [0.15, 0.2) is 49.2 Å². The molecule has 2 heterocycles. The second-order valence-corrected chi connectivity index (χ2v) is 8.38. The minimum atomic E-state index is -0.533. The maximum Gasteiger partial charge on any atom is 0.318 e. The third-order valence-electron chi connectivity index (χ3n) is 5.55. The number of pyridine rings is 1. The van der Waals surface area contributed by atoms with Crippen LogP contribution in [-0.4, -0.2) is 47.0 Å². The van der Waals surface area contributed by atoms with Crippen molar-refractivity contribution in [1.29, 1.82) is 0 Å². The molecule has 2 aromatic rings. The Bertz CT molecular complexity index is 971. The Labute approximate surface area is 182 Å². The van der Waals surface area contributed by atoms with E-state index in [1.54, 1.807) is 6.07 Å². The van der Waals surface area contributed by atoms with Crippen molar-refractivity contribution in [2.75, 3.05) is 31.1 Å². The zero-order chi connectivity index (χ0) is 22.6. The molecular weight excluding hydrogens is 394 g/mol. The third kappa shape index (κ3) is 5.39. The van der Waals surface area contributed by atoms with Gasteiger partial charge in [-0.15, -0.1) is 0 Å². The molecule has 1 aromatic heterocycles. The van der Waals surface area contributed by atoms with E-state index in [2.05, 4.69) is 27.8 Å². The van der Waals surface area contributed by atoms with Crippen molar-refractivity contribution in [2.24, 2.45) is 0 Å². The molecule has 1 saturated heterocycles. The molecule has 8 nitrogen and oxygen atoms in total. The van der Waals surface area contributed by atoms with Crippen LogP contribution in [0.1, 0.15) is 38.3 Å². The number of urea groups is 1. The predicted octanol–water partition coefficient (Wildman–Crippen LogP) is 4.18. The number of carbonyl (C=O) groups is 1. The topological polar surface area (TPSA) is 91.6 Å². The number of allylic oxidation sites excluding steroid dienone is 1. The first-order valence-electron chi connectivity index (χ1n) is 10.4. The Kier molecular flexibility index (Phi) is 6.58. The van der Waals surface area contributed by atoms with Crippen molar-refractivity contribution in [1.82, 2.24) is 15.2 Å². The van der Waals surface area contributed by atoms with Gasteiger partial charge in [-0.1, -0.05) is 30.4 Å². The average molecular weight is 424 g/mol. The minimum Gasteiger partial charge on any atom is -0.355 e. The zero-order valence-electron chi connectivity index (χ0n) is 18.3. The molecule has 8 heteroatoms. The van der Waals surface area contributed by atoms with Gasteiger partial charge in [0.1, 0.15) is 12.0 Å². The maximum atomic E-state index is 13.0. The summed E-state index contributed by atoms with van der Waals surface area (Å²) >= 11 is 0. The summed E-state index contributed by atoms with van der Waals surface area (Å²) in [5, 5.41) is 14.0. The molecule has 0 saturated carbocycles. The van der Waals surface area contributed by atoms with E-state index in [-0.39, 0.29) is 11.7 Å². The summed E-state index contributed by atoms with van der Waals surface area (Å²) < 4.78 is 0. The molecule has 0 unspecified atom stereocenters. The van der Waals surface area contributed by atoms with Crippen molar-refractivity contribution in [2.45, 2.75) is 32.7 Å². The monoisotopic (exact) mass is 423 g/mol. The Morgan fingerprint density at radius 1 is 1.19 bits per heavy atom. The van der Waals surface area contributed by atoms with Crippen molar-refractivity contribution in [3.05, 3.63) is 70.4 Å². The highest BCUT2D eigenvalue weighted by Crippen LogP contribution is 2.24. The van der Waals surface area contributed by atoms with Gasteiger partial charge in [-0.2, -0.15) is 0 Å². The normalized spacial score (nSPS) is 14.7. The fourth-order valence-corrected chi connectivity index (χ4v) is 3.61. The number of hydrogen-bond acceptors (Lipinski definition) is 5. The molecule has 1 aliphatic rings. The van der Waals surface area contributed by atoms with Crippen LogP contribution in [0.25, 0.3) is 5.57 Å². The number of amides is 2. The molecule has 1 aromatic carbocycles. The van der Waals surface area contributed by atoms with Gasteiger partial charge in [0.2, 0.25) is 0 Å². The number of nitro groups is 1. The first-order chi connectivity index (χ1) is 14.7. The Morgan fingerprint density at radius 2 is 1.97 bits per heavy atom. The SMILES string of the molecule is C=C(C)c1cccc(C(C)(C)NC(=O)N2CCCN(c3ccc([N+](=O)[O-])cn3)CC2)c1. The number of rotatable bonds is 5. The van der Waals surface area contributed by atoms with Crippen LogP contribution < -0.4 is 10.2 Å². The molecule has 0 aliphatic carbocycles. The van der Waals surface area contributed by atoms with Gasteiger partial charge >= 0.3 is 6.03 Å². The van der Waals surface area contributed by atoms with Crippen LogP contribution >= 0.6 is 0 Å². The van der Waals surface area contributed by atoms with E-state index >= 15 is 0 Å². The van der Waals surface area contributed by atoms with Crippen LogP contribution in [0, 0.1) is 10.1 Å². The van der Waals surface area contributed by atoms with Crippen molar-refractivity contribution >= 4 is 23.1 Å². The minimum absolute atomic E-state index is 0.0301. The molecule has 3 rings (SSSR count). The molecule has 1 aliphatic heterocycles. The first-order valence-corrected chi connectivity index (χ1v) is 10.4. The molecule has 1 fully saturated rings. The number of benzene rings is 1. The maximum absolute atomic E-state index is 13.0. The smallest absolute Gasteiger partial charge is 0.318 e. The molecule has 0 radical (unpaired) electrons. The fraction of sp³-hybridized carbons (Fsp3) is 0.391. The summed E-state index contributed by atoms with van der Waals surface area (Å²) in [6, 6.07) is 11.1. The van der Waals surface area contributed by atoms with Crippen molar-refractivity contribution < 1.29 is 9.72 Å². The van der Waals surface area contributed by atoms with Gasteiger partial charge in [0, 0.05) is 32.2 Å². The summed E-state index contributed by atoms with van der Waals surface area (Å²) in [4.78, 5) is 31.5. The highest BCUT2D eigenvalue weighted by molar-refractivity contribution is 5.75. The first kappa shape index (κ1) is 22.3. The van der Waals surface area contributed by atoms with Crippen LogP contribution in [0.5, 0.6) is 0 Å². The van der Waals surface area contributed by atoms with Gasteiger partial charge in [-0.3, -0.25) is 10.1 Å². The lowest BCUT2D eigenvalue weighted by Gasteiger charge is -2.31. The van der Waals surface area contributed by atoms with Crippen LogP contribution in [0.4, 0.5) is 16.3 Å². The lowest BCUT2D eigenvalue weighted by atomic mass is 9.92. The highest BCUT2D eigenvalue weighted by Gasteiger charge is 2.27. The number of anilines is 1. The molecule has 1 N–H and O–H groups in total. The lowest BCUT2D eigenvalue weighted by molar-refractivity contribution is -0.385. The van der Waals surface area contributed by atoms with Gasteiger partial charge in [0.05, 0.1) is 10.5 Å². The predicted molar refractivity (Wildman–Crippen MR) is 122 cm³/mol. The second kappa shape index (κ2) is 9.16. The van der Waals surface area contributed by atoms with E-state index < -0.39 is 10.5 Å². The van der Waals surface area contributed by atoms with Crippen molar-refractivity contribution in [3.8, 4) is 0 Å². The van der Waals surface area contributed by atoms with E-state index in [4.69, 9.17) is 0 Å². The molecule has 31 heavy (non-hydrogen) atoms. The largest absolute Gasteiger partial charge is 0.355 e. The third-order valence-corrected chi connectivity index (χ3v) is 5.55. The van der Waals surface area contributed by atoms with Crippen molar-refractivity contribution in [3.63, 3.8) is 0 Å². The number of carbonyl (C=O) groups excluding carboxylic acids is 1. The van der Waals surface area contributed by atoms with Gasteiger partial charge in [0.15, 0.2) is 0 Å². The number of nitrogens with one attached hydrogen (secondary N) is 1. The quantitative estimate of drug-likeness (QED) is 0.575. The Hall–Kier alpha value is -3.42. The summed E-state index contributed by atoms with van der Waals surface area (Å²) in [6.07, 6.45) is 2.06. The molecule has 0 spiro atoms. The molecule has 0 bridgehead atoms. The van der Waals surface area contributed by atoms with Gasteiger partial charge in [-0.25, -0.2) is 9.78 Å². The fourth-order valence-electron chi connectivity index (χ4n) is 3.61. The summed E-state index contributed by atoms with van der Waals surface area (Å²) in [6.45, 7) is 12.5. The van der Waals surface area contributed by atoms with E-state index in [1.807, 2.05) is 43.9 Å². The molecule has 0 atom stereocenters. The summed E-state index contributed by atoms with van der Waals surface area (Å²) in [5.74, 6) is 0.685. The Balaban J connectivity index is 1.64. The number of nitrogens with zero attached hydrogens (tertiary/aromatic N) is 4. The van der Waals surface area contributed by atoms with Gasteiger partial charge < -0.3 is 15.1 Å². The number of hydrogen-bond donors (Lipinski definition) is 1.